The summed E-state index contributed by atoms with van der Waals surface area (Å²) in [6.07, 6.45) is 0. The quantitative estimate of drug-likeness (QED) is 0.364. The van der Waals surface area contributed by atoms with E-state index in [2.05, 4.69) is 5.43 Å². The van der Waals surface area contributed by atoms with E-state index in [4.69, 9.17) is 28.9 Å². The monoisotopic (exact) mass is 171 g/mol. The van der Waals surface area contributed by atoms with Gasteiger partial charge in [-0.25, -0.2) is 4.79 Å². The number of nitrogens with one attached hydrogen (secondary N) is 1. The Labute approximate surface area is 62.9 Å². The average Bonchev–Trinajstić information content (AvgIpc) is 1.82. The molecular weight excluding hydrogens is 165 g/mol. The molecule has 0 aromatic heterocycles. The molecule has 0 saturated carbocycles. The fourth-order valence-corrected chi connectivity index (χ4v) is 0.623. The third kappa shape index (κ3) is 4.32. The van der Waals surface area contributed by atoms with Gasteiger partial charge in [0.05, 0.1) is 12.0 Å². The van der Waals surface area contributed by atoms with Crippen LogP contribution in [-0.4, -0.2) is 23.0 Å². The summed E-state index contributed by atoms with van der Waals surface area (Å²) in [4.78, 5) is 10.1. The standard InChI is InChI=1S/C3H7Cl2N3O/c4-1-8(2-5)7-3(6)9/h1-2H2,(H3,6,7,9). The number of rotatable bonds is 3. The van der Waals surface area contributed by atoms with E-state index < -0.39 is 6.03 Å². The number of carbonyl (C=O) groups excluding carboxylic acids is 1. The first-order valence-electron chi connectivity index (χ1n) is 2.13. The van der Waals surface area contributed by atoms with E-state index in [0.717, 1.165) is 0 Å². The molecule has 3 N–H and O–H groups in total. The number of hydrazine groups is 1. The predicted molar refractivity (Wildman–Crippen MR) is 36.0 cm³/mol. The number of nitrogens with two attached hydrogens (primary N) is 1. The fourth-order valence-electron chi connectivity index (χ4n) is 0.248. The van der Waals surface area contributed by atoms with Gasteiger partial charge in [-0.1, -0.05) is 0 Å². The number of hydrogen-bond acceptors (Lipinski definition) is 2. The summed E-state index contributed by atoms with van der Waals surface area (Å²) in [5.41, 5.74) is 6.92. The Morgan fingerprint density at radius 2 is 2.00 bits per heavy atom. The summed E-state index contributed by atoms with van der Waals surface area (Å²) in [6, 6.07) is -0.435. The molecule has 0 rings (SSSR count). The summed E-state index contributed by atoms with van der Waals surface area (Å²) >= 11 is 10.6. The van der Waals surface area contributed by atoms with Crippen LogP contribution in [0.5, 0.6) is 0 Å². The van der Waals surface area contributed by atoms with E-state index in [1.54, 1.807) is 0 Å². The van der Waals surface area contributed by atoms with Crippen LogP contribution in [0.1, 0.15) is 0 Å². The van der Waals surface area contributed by atoms with Gasteiger partial charge in [-0.2, -0.15) is 5.01 Å². The van der Waals surface area contributed by atoms with E-state index >= 15 is 0 Å². The number of primary amides is 1. The molecule has 0 spiro atoms. The van der Waals surface area contributed by atoms with Crippen LogP contribution in [0, 0.1) is 0 Å². The van der Waals surface area contributed by atoms with Crippen LogP contribution in [0.4, 0.5) is 4.79 Å². The van der Waals surface area contributed by atoms with Gasteiger partial charge in [0.25, 0.3) is 0 Å². The van der Waals surface area contributed by atoms with Crippen LogP contribution in [0.3, 0.4) is 0 Å². The van der Waals surface area contributed by atoms with E-state index in [0.29, 0.717) is 0 Å². The molecular formula is C3H7Cl2N3O. The van der Waals surface area contributed by atoms with Gasteiger partial charge in [-0.3, -0.25) is 5.43 Å². The number of hydrogen-bond donors (Lipinski definition) is 2. The van der Waals surface area contributed by atoms with Crippen molar-refractivity contribution < 1.29 is 4.79 Å². The summed E-state index contributed by atoms with van der Waals surface area (Å²) in [5.74, 6) is 0. The molecule has 0 aromatic rings. The van der Waals surface area contributed by atoms with Gasteiger partial charge < -0.3 is 5.73 Å². The lowest BCUT2D eigenvalue weighted by atomic mass is 11.0. The number of carbonyl (C=O) groups is 1. The van der Waals surface area contributed by atoms with Crippen molar-refractivity contribution in [3.8, 4) is 0 Å². The van der Waals surface area contributed by atoms with Crippen LogP contribution < -0.4 is 11.2 Å². The number of halogens is 2. The van der Waals surface area contributed by atoms with E-state index in [1.165, 1.54) is 5.01 Å². The van der Waals surface area contributed by atoms with Crippen LogP contribution in [0.2, 0.25) is 0 Å². The molecule has 6 heteroatoms. The van der Waals surface area contributed by atoms with E-state index in [9.17, 15) is 4.79 Å². The van der Waals surface area contributed by atoms with Gasteiger partial charge in [0.15, 0.2) is 0 Å². The van der Waals surface area contributed by atoms with Gasteiger partial charge in [-0.05, 0) is 0 Å². The second-order valence-electron chi connectivity index (χ2n) is 1.25. The summed E-state index contributed by atoms with van der Waals surface area (Å²) in [6.45, 7) is 0. The summed E-state index contributed by atoms with van der Waals surface area (Å²) in [5, 5.41) is 1.26. The molecule has 0 aromatic carbocycles. The highest BCUT2D eigenvalue weighted by Crippen LogP contribution is 1.87. The molecule has 0 atom stereocenters. The average molecular weight is 172 g/mol. The Bertz CT molecular complexity index is 95.1. The molecule has 0 unspecified atom stereocenters. The third-order valence-corrected chi connectivity index (χ3v) is 1.13. The Hall–Kier alpha value is -0.190. The topological polar surface area (TPSA) is 58.4 Å². The number of alkyl halides is 2. The van der Waals surface area contributed by atoms with Crippen molar-refractivity contribution in [2.75, 3.05) is 12.0 Å². The first-order chi connectivity index (χ1) is 4.20. The largest absolute Gasteiger partial charge is 0.351 e. The first kappa shape index (κ1) is 8.81. The molecule has 0 aliphatic heterocycles. The molecule has 0 aliphatic carbocycles. The van der Waals surface area contributed by atoms with E-state index in [-0.39, 0.29) is 12.0 Å². The highest BCUT2D eigenvalue weighted by Gasteiger charge is 2.00. The maximum atomic E-state index is 10.1. The van der Waals surface area contributed by atoms with Crippen molar-refractivity contribution in [1.29, 1.82) is 0 Å². The van der Waals surface area contributed by atoms with Crippen LogP contribution in [0.25, 0.3) is 0 Å². The molecule has 0 heterocycles. The Balaban J connectivity index is 3.43. The molecule has 0 bridgehead atoms. The van der Waals surface area contributed by atoms with Crippen molar-refractivity contribution >= 4 is 29.2 Å². The van der Waals surface area contributed by atoms with Crippen LogP contribution >= 0.6 is 23.2 Å². The number of nitrogens with zero attached hydrogens (tertiary/aromatic N) is 1. The second-order valence-corrected chi connectivity index (χ2v) is 1.73. The molecule has 2 amide bonds. The lowest BCUT2D eigenvalue weighted by Gasteiger charge is -2.14. The van der Waals surface area contributed by atoms with Crippen LogP contribution in [0.15, 0.2) is 0 Å². The lowest BCUT2D eigenvalue weighted by Crippen LogP contribution is -2.43. The Morgan fingerprint density at radius 1 is 1.56 bits per heavy atom. The van der Waals surface area contributed by atoms with Crippen molar-refractivity contribution in [2.45, 2.75) is 0 Å². The van der Waals surface area contributed by atoms with Gasteiger partial charge in [0.1, 0.15) is 0 Å². The maximum Gasteiger partial charge on any atom is 0.326 e. The minimum atomic E-state index is -0.670. The van der Waals surface area contributed by atoms with Crippen molar-refractivity contribution in [3.05, 3.63) is 0 Å². The minimum absolute atomic E-state index is 0.118. The molecule has 0 fully saturated rings. The molecule has 54 valence electrons. The van der Waals surface area contributed by atoms with E-state index in [1.807, 2.05) is 0 Å². The molecule has 0 saturated heterocycles. The Morgan fingerprint density at radius 3 is 2.11 bits per heavy atom. The lowest BCUT2D eigenvalue weighted by molar-refractivity contribution is 0.213. The molecule has 4 nitrogen and oxygen atoms in total. The molecule has 0 aliphatic rings. The summed E-state index contributed by atoms with van der Waals surface area (Å²) < 4.78 is 0. The first-order valence-corrected chi connectivity index (χ1v) is 3.20. The number of amides is 2. The third-order valence-electron chi connectivity index (χ3n) is 0.557. The van der Waals surface area contributed by atoms with Gasteiger partial charge >= 0.3 is 6.03 Å². The SMILES string of the molecule is NC(=O)NN(CCl)CCl. The van der Waals surface area contributed by atoms with Crippen molar-refractivity contribution in [2.24, 2.45) is 5.73 Å². The summed E-state index contributed by atoms with van der Waals surface area (Å²) in [7, 11) is 0. The Kier molecular flexibility index (Phi) is 4.57. The zero-order chi connectivity index (χ0) is 7.28. The number of urea groups is 1. The van der Waals surface area contributed by atoms with Crippen LogP contribution in [-0.2, 0) is 0 Å². The van der Waals surface area contributed by atoms with Crippen molar-refractivity contribution in [1.82, 2.24) is 10.4 Å². The van der Waals surface area contributed by atoms with Gasteiger partial charge in [0.2, 0.25) is 0 Å². The smallest absolute Gasteiger partial charge is 0.326 e. The maximum absolute atomic E-state index is 10.1. The minimum Gasteiger partial charge on any atom is -0.351 e. The predicted octanol–water partition coefficient (Wildman–Crippen LogP) is 0.264. The fraction of sp³-hybridized carbons (Fsp3) is 0.667. The molecule has 0 radical (unpaired) electrons. The van der Waals surface area contributed by atoms with Crippen molar-refractivity contribution in [3.63, 3.8) is 0 Å². The molecule has 9 heavy (non-hydrogen) atoms. The zero-order valence-corrected chi connectivity index (χ0v) is 6.11. The zero-order valence-electron chi connectivity index (χ0n) is 4.60. The second kappa shape index (κ2) is 4.67. The normalized spacial score (nSPS) is 9.67. The highest BCUT2D eigenvalue weighted by molar-refractivity contribution is 6.20. The van der Waals surface area contributed by atoms with Gasteiger partial charge in [-0.15, -0.1) is 23.2 Å². The highest BCUT2D eigenvalue weighted by atomic mass is 35.5. The van der Waals surface area contributed by atoms with Gasteiger partial charge in [0, 0.05) is 0 Å².